The predicted molar refractivity (Wildman–Crippen MR) is 83.3 cm³/mol. The minimum Gasteiger partial charge on any atom is -0.369 e. The maximum absolute atomic E-state index is 12.6. The highest BCUT2D eigenvalue weighted by Crippen LogP contribution is 2.24. The maximum atomic E-state index is 12.6. The minimum atomic E-state index is -0.308. The molecule has 0 bridgehead atoms. The van der Waals surface area contributed by atoms with Crippen molar-refractivity contribution >= 4 is 23.2 Å². The number of likely N-dealkylation sites (tertiary alicyclic amines) is 1. The second kappa shape index (κ2) is 7.02. The second-order valence-corrected chi connectivity index (χ2v) is 6.70. The average Bonchev–Trinajstić information content (AvgIpc) is 2.85. The van der Waals surface area contributed by atoms with Crippen molar-refractivity contribution in [2.24, 2.45) is 11.7 Å². The van der Waals surface area contributed by atoms with Crippen molar-refractivity contribution in [1.29, 1.82) is 0 Å². The molecule has 1 aliphatic heterocycles. The van der Waals surface area contributed by atoms with Crippen molar-refractivity contribution in [1.82, 2.24) is 9.88 Å². The number of nitrogens with two attached hydrogens (primary N) is 1. The molecule has 21 heavy (non-hydrogen) atoms. The zero-order valence-electron chi connectivity index (χ0n) is 12.7. The largest absolute Gasteiger partial charge is 0.369 e. The van der Waals surface area contributed by atoms with Gasteiger partial charge in [0, 0.05) is 13.1 Å². The van der Waals surface area contributed by atoms with Crippen molar-refractivity contribution < 1.29 is 9.59 Å². The van der Waals surface area contributed by atoms with Crippen molar-refractivity contribution in [3.05, 3.63) is 15.6 Å². The number of thiazole rings is 1. The number of rotatable bonds is 5. The Morgan fingerprint density at radius 2 is 2.24 bits per heavy atom. The minimum absolute atomic E-state index is 0.00121. The van der Waals surface area contributed by atoms with E-state index >= 15 is 0 Å². The van der Waals surface area contributed by atoms with Crippen molar-refractivity contribution in [2.75, 3.05) is 13.1 Å². The maximum Gasteiger partial charge on any atom is 0.265 e. The zero-order chi connectivity index (χ0) is 15.4. The Bertz CT molecular complexity index is 527. The first-order chi connectivity index (χ1) is 10.0. The van der Waals surface area contributed by atoms with Gasteiger partial charge >= 0.3 is 0 Å². The number of carbonyl (C=O) groups is 2. The summed E-state index contributed by atoms with van der Waals surface area (Å²) in [7, 11) is 0. The van der Waals surface area contributed by atoms with Gasteiger partial charge in [0.1, 0.15) is 4.88 Å². The van der Waals surface area contributed by atoms with E-state index in [9.17, 15) is 9.59 Å². The van der Waals surface area contributed by atoms with Gasteiger partial charge in [0.25, 0.3) is 5.91 Å². The Balaban J connectivity index is 2.08. The van der Waals surface area contributed by atoms with E-state index in [0.717, 1.165) is 42.8 Å². The van der Waals surface area contributed by atoms with Gasteiger partial charge in [0.05, 0.1) is 16.6 Å². The van der Waals surface area contributed by atoms with Crippen LogP contribution in [0.15, 0.2) is 0 Å². The van der Waals surface area contributed by atoms with E-state index in [1.807, 2.05) is 6.92 Å². The molecule has 0 spiro atoms. The number of hydrogen-bond donors (Lipinski definition) is 1. The summed E-state index contributed by atoms with van der Waals surface area (Å²) in [5.41, 5.74) is 6.17. The van der Waals surface area contributed by atoms with Gasteiger partial charge in [-0.1, -0.05) is 13.3 Å². The van der Waals surface area contributed by atoms with Crippen LogP contribution in [0.1, 0.15) is 53.0 Å². The summed E-state index contributed by atoms with van der Waals surface area (Å²) in [6, 6.07) is 0. The Kier molecular flexibility index (Phi) is 5.33. The van der Waals surface area contributed by atoms with Gasteiger partial charge in [-0.05, 0) is 32.6 Å². The Morgan fingerprint density at radius 3 is 2.90 bits per heavy atom. The molecule has 0 unspecified atom stereocenters. The van der Waals surface area contributed by atoms with Crippen LogP contribution in [0, 0.1) is 12.8 Å². The van der Waals surface area contributed by atoms with E-state index in [1.54, 1.807) is 4.90 Å². The van der Waals surface area contributed by atoms with Crippen LogP contribution >= 0.6 is 11.3 Å². The lowest BCUT2D eigenvalue weighted by Gasteiger charge is -2.30. The molecule has 116 valence electrons. The molecule has 1 atom stereocenters. The van der Waals surface area contributed by atoms with E-state index in [-0.39, 0.29) is 17.7 Å². The van der Waals surface area contributed by atoms with Crippen LogP contribution in [0.25, 0.3) is 0 Å². The fourth-order valence-electron chi connectivity index (χ4n) is 2.62. The van der Waals surface area contributed by atoms with Crippen LogP contribution in [0.2, 0.25) is 0 Å². The number of hydrogen-bond acceptors (Lipinski definition) is 4. The SMILES string of the molecule is CCCCc1nc(C)c(C(=O)N2CCC[C@H](C(N)=O)C2)s1. The average molecular weight is 309 g/mol. The number of nitrogens with zero attached hydrogens (tertiary/aromatic N) is 2. The van der Waals surface area contributed by atoms with E-state index in [2.05, 4.69) is 11.9 Å². The van der Waals surface area contributed by atoms with Crippen LogP contribution < -0.4 is 5.73 Å². The quantitative estimate of drug-likeness (QED) is 0.905. The molecule has 1 aliphatic rings. The highest BCUT2D eigenvalue weighted by Gasteiger charge is 2.29. The molecule has 0 aliphatic carbocycles. The molecule has 0 aromatic carbocycles. The van der Waals surface area contributed by atoms with E-state index < -0.39 is 0 Å². The second-order valence-electron chi connectivity index (χ2n) is 5.62. The molecule has 1 aromatic rings. The van der Waals surface area contributed by atoms with E-state index in [0.29, 0.717) is 18.0 Å². The third-order valence-electron chi connectivity index (χ3n) is 3.89. The monoisotopic (exact) mass is 309 g/mol. The van der Waals surface area contributed by atoms with E-state index in [4.69, 9.17) is 5.73 Å². The number of aryl methyl sites for hydroxylation is 2. The molecular formula is C15H23N3O2S. The molecule has 2 heterocycles. The topological polar surface area (TPSA) is 76.3 Å². The lowest BCUT2D eigenvalue weighted by Crippen LogP contribution is -2.44. The van der Waals surface area contributed by atoms with Gasteiger partial charge < -0.3 is 10.6 Å². The van der Waals surface area contributed by atoms with Crippen LogP contribution in [0.5, 0.6) is 0 Å². The van der Waals surface area contributed by atoms with Gasteiger partial charge in [-0.25, -0.2) is 4.98 Å². The fraction of sp³-hybridized carbons (Fsp3) is 0.667. The molecule has 2 amide bonds. The molecule has 0 saturated carbocycles. The van der Waals surface area contributed by atoms with Gasteiger partial charge in [-0.3, -0.25) is 9.59 Å². The normalized spacial score (nSPS) is 18.8. The van der Waals surface area contributed by atoms with Crippen LogP contribution in [0.3, 0.4) is 0 Å². The molecule has 1 aromatic heterocycles. The number of primary amides is 1. The zero-order valence-corrected chi connectivity index (χ0v) is 13.5. The summed E-state index contributed by atoms with van der Waals surface area (Å²) in [5.74, 6) is -0.522. The fourth-order valence-corrected chi connectivity index (χ4v) is 3.70. The molecule has 5 nitrogen and oxygen atoms in total. The Labute approximate surface area is 129 Å². The lowest BCUT2D eigenvalue weighted by molar-refractivity contribution is -0.123. The molecule has 2 N–H and O–H groups in total. The molecule has 1 saturated heterocycles. The summed E-state index contributed by atoms with van der Waals surface area (Å²) < 4.78 is 0. The van der Waals surface area contributed by atoms with Gasteiger partial charge in [-0.15, -0.1) is 11.3 Å². The third kappa shape index (κ3) is 3.81. The first-order valence-electron chi connectivity index (χ1n) is 7.57. The Morgan fingerprint density at radius 1 is 1.48 bits per heavy atom. The highest BCUT2D eigenvalue weighted by molar-refractivity contribution is 7.13. The summed E-state index contributed by atoms with van der Waals surface area (Å²) in [5, 5.41) is 1.03. The predicted octanol–water partition coefficient (Wildman–Crippen LogP) is 2.13. The molecule has 6 heteroatoms. The number of aromatic nitrogens is 1. The van der Waals surface area contributed by atoms with Crippen LogP contribution in [-0.4, -0.2) is 34.8 Å². The summed E-state index contributed by atoms with van der Waals surface area (Å²) in [6.07, 6.45) is 4.75. The summed E-state index contributed by atoms with van der Waals surface area (Å²) in [6.45, 7) is 5.17. The molecular weight excluding hydrogens is 286 g/mol. The Hall–Kier alpha value is -1.43. The first kappa shape index (κ1) is 15.9. The van der Waals surface area contributed by atoms with Gasteiger partial charge in [0.15, 0.2) is 0 Å². The van der Waals surface area contributed by atoms with Crippen molar-refractivity contribution in [3.8, 4) is 0 Å². The van der Waals surface area contributed by atoms with Gasteiger partial charge in [0.2, 0.25) is 5.91 Å². The van der Waals surface area contributed by atoms with Gasteiger partial charge in [-0.2, -0.15) is 0 Å². The molecule has 1 fully saturated rings. The molecule has 2 rings (SSSR count). The summed E-state index contributed by atoms with van der Waals surface area (Å²) >= 11 is 1.49. The summed E-state index contributed by atoms with van der Waals surface area (Å²) in [4.78, 5) is 30.9. The number of amides is 2. The smallest absolute Gasteiger partial charge is 0.265 e. The van der Waals surface area contributed by atoms with Crippen LogP contribution in [-0.2, 0) is 11.2 Å². The lowest BCUT2D eigenvalue weighted by atomic mass is 9.97. The number of unbranched alkanes of at least 4 members (excludes halogenated alkanes) is 1. The van der Waals surface area contributed by atoms with E-state index in [1.165, 1.54) is 11.3 Å². The third-order valence-corrected chi connectivity index (χ3v) is 5.10. The van der Waals surface area contributed by atoms with Crippen molar-refractivity contribution in [2.45, 2.75) is 46.0 Å². The number of carbonyl (C=O) groups excluding carboxylic acids is 2. The first-order valence-corrected chi connectivity index (χ1v) is 8.39. The standard InChI is InChI=1S/C15H23N3O2S/c1-3-4-7-12-17-10(2)13(21-12)15(20)18-8-5-6-11(9-18)14(16)19/h11H,3-9H2,1-2H3,(H2,16,19)/t11-/m0/s1. The van der Waals surface area contributed by atoms with Crippen molar-refractivity contribution in [3.63, 3.8) is 0 Å². The molecule has 0 radical (unpaired) electrons. The van der Waals surface area contributed by atoms with Crippen LogP contribution in [0.4, 0.5) is 0 Å². The number of piperidine rings is 1. The highest BCUT2D eigenvalue weighted by atomic mass is 32.1.